The third kappa shape index (κ3) is 2.63. The van der Waals surface area contributed by atoms with Gasteiger partial charge in [0.05, 0.1) is 0 Å². The van der Waals surface area contributed by atoms with Crippen LogP contribution >= 0.6 is 0 Å². The Bertz CT molecular complexity index is 302. The maximum Gasteiger partial charge on any atom is -0.000555 e. The van der Waals surface area contributed by atoms with Crippen molar-refractivity contribution in [2.75, 3.05) is 26.7 Å². The van der Waals surface area contributed by atoms with Crippen LogP contribution < -0.4 is 5.73 Å². The number of nitrogens with two attached hydrogens (primary N) is 1. The molecule has 0 radical (unpaired) electrons. The van der Waals surface area contributed by atoms with E-state index in [0.717, 1.165) is 12.5 Å². The molecule has 16 heavy (non-hydrogen) atoms. The predicted molar refractivity (Wildman–Crippen MR) is 68.5 cm³/mol. The third-order valence-corrected chi connectivity index (χ3v) is 3.81. The Hall–Kier alpha value is -0.860. The highest BCUT2D eigenvalue weighted by molar-refractivity contribution is 5.20. The van der Waals surface area contributed by atoms with E-state index in [-0.39, 0.29) is 0 Å². The highest BCUT2D eigenvalue weighted by Crippen LogP contribution is 2.31. The summed E-state index contributed by atoms with van der Waals surface area (Å²) in [5.41, 5.74) is 7.37. The standard InChI is InChI=1S/C14H22N2/c1-16-9-7-13(8-10-16)14(11-15)12-5-3-2-4-6-12/h2-6,13-14H,7-11,15H2,1H3/t14-/m0/s1. The average molecular weight is 218 g/mol. The fourth-order valence-corrected chi connectivity index (χ4v) is 2.73. The number of piperidine rings is 1. The molecular weight excluding hydrogens is 196 g/mol. The molecule has 2 rings (SSSR count). The lowest BCUT2D eigenvalue weighted by Crippen LogP contribution is -2.34. The number of benzene rings is 1. The molecule has 0 aromatic heterocycles. The van der Waals surface area contributed by atoms with Gasteiger partial charge in [0, 0.05) is 0 Å². The van der Waals surface area contributed by atoms with Gasteiger partial charge in [-0.05, 0) is 56.9 Å². The molecule has 2 nitrogen and oxygen atoms in total. The Kier molecular flexibility index (Phi) is 3.97. The van der Waals surface area contributed by atoms with Crippen LogP contribution in [-0.2, 0) is 0 Å². The molecule has 0 unspecified atom stereocenters. The molecule has 1 aromatic rings. The largest absolute Gasteiger partial charge is 0.330 e. The van der Waals surface area contributed by atoms with Crippen LogP contribution in [0.4, 0.5) is 0 Å². The molecule has 1 aromatic carbocycles. The summed E-state index contributed by atoms with van der Waals surface area (Å²) < 4.78 is 0. The number of rotatable bonds is 3. The van der Waals surface area contributed by atoms with Crippen molar-refractivity contribution in [1.82, 2.24) is 4.90 Å². The fourth-order valence-electron chi connectivity index (χ4n) is 2.73. The minimum atomic E-state index is 0.551. The zero-order valence-electron chi connectivity index (χ0n) is 10.1. The van der Waals surface area contributed by atoms with Crippen molar-refractivity contribution in [3.05, 3.63) is 35.9 Å². The van der Waals surface area contributed by atoms with Gasteiger partial charge in [-0.15, -0.1) is 0 Å². The molecule has 0 amide bonds. The van der Waals surface area contributed by atoms with Crippen molar-refractivity contribution in [3.8, 4) is 0 Å². The van der Waals surface area contributed by atoms with Crippen molar-refractivity contribution in [2.24, 2.45) is 11.7 Å². The zero-order chi connectivity index (χ0) is 11.4. The summed E-state index contributed by atoms with van der Waals surface area (Å²) in [7, 11) is 2.20. The first-order valence-electron chi connectivity index (χ1n) is 6.25. The lowest BCUT2D eigenvalue weighted by Gasteiger charge is -2.34. The van der Waals surface area contributed by atoms with Crippen LogP contribution in [0.1, 0.15) is 24.3 Å². The van der Waals surface area contributed by atoms with E-state index in [9.17, 15) is 0 Å². The molecule has 1 heterocycles. The molecule has 1 saturated heterocycles. The van der Waals surface area contributed by atoms with E-state index in [0.29, 0.717) is 5.92 Å². The molecule has 1 aliphatic heterocycles. The van der Waals surface area contributed by atoms with Gasteiger partial charge in [-0.1, -0.05) is 30.3 Å². The van der Waals surface area contributed by atoms with E-state index >= 15 is 0 Å². The smallest absolute Gasteiger partial charge is 0.000555 e. The zero-order valence-corrected chi connectivity index (χ0v) is 10.1. The lowest BCUT2D eigenvalue weighted by atomic mass is 9.80. The quantitative estimate of drug-likeness (QED) is 0.841. The van der Waals surface area contributed by atoms with E-state index in [1.807, 2.05) is 0 Å². The summed E-state index contributed by atoms with van der Waals surface area (Å²) >= 11 is 0. The molecule has 88 valence electrons. The SMILES string of the molecule is CN1CCC([C@@H](CN)c2ccccc2)CC1. The van der Waals surface area contributed by atoms with Gasteiger partial charge in [-0.25, -0.2) is 0 Å². The second-order valence-electron chi connectivity index (χ2n) is 4.89. The predicted octanol–water partition coefficient (Wildman–Crippen LogP) is 2.07. The normalized spacial score (nSPS) is 20.9. The van der Waals surface area contributed by atoms with Crippen LogP contribution in [0, 0.1) is 5.92 Å². The molecule has 0 aliphatic carbocycles. The summed E-state index contributed by atoms with van der Waals surface area (Å²) in [6, 6.07) is 10.7. The molecular formula is C14H22N2. The van der Waals surface area contributed by atoms with Crippen molar-refractivity contribution >= 4 is 0 Å². The Morgan fingerprint density at radius 1 is 1.25 bits per heavy atom. The lowest BCUT2D eigenvalue weighted by molar-refractivity contribution is 0.199. The fraction of sp³-hybridized carbons (Fsp3) is 0.571. The van der Waals surface area contributed by atoms with Gasteiger partial charge < -0.3 is 10.6 Å². The van der Waals surface area contributed by atoms with Gasteiger partial charge in [-0.2, -0.15) is 0 Å². The molecule has 1 aliphatic rings. The van der Waals surface area contributed by atoms with Gasteiger partial charge >= 0.3 is 0 Å². The first-order chi connectivity index (χ1) is 7.81. The maximum absolute atomic E-state index is 5.96. The third-order valence-electron chi connectivity index (χ3n) is 3.81. The van der Waals surface area contributed by atoms with E-state index in [1.54, 1.807) is 0 Å². The minimum Gasteiger partial charge on any atom is -0.330 e. The molecule has 0 saturated carbocycles. The molecule has 0 bridgehead atoms. The van der Waals surface area contributed by atoms with E-state index in [2.05, 4.69) is 42.3 Å². The Morgan fingerprint density at radius 2 is 1.88 bits per heavy atom. The van der Waals surface area contributed by atoms with Crippen LogP contribution in [0.5, 0.6) is 0 Å². The Morgan fingerprint density at radius 3 is 2.44 bits per heavy atom. The topological polar surface area (TPSA) is 29.3 Å². The van der Waals surface area contributed by atoms with E-state index < -0.39 is 0 Å². The second kappa shape index (κ2) is 5.46. The van der Waals surface area contributed by atoms with Crippen molar-refractivity contribution in [2.45, 2.75) is 18.8 Å². The molecule has 2 heteroatoms. The van der Waals surface area contributed by atoms with Crippen molar-refractivity contribution in [3.63, 3.8) is 0 Å². The average Bonchev–Trinajstić information content (AvgIpc) is 2.34. The van der Waals surface area contributed by atoms with Crippen molar-refractivity contribution in [1.29, 1.82) is 0 Å². The van der Waals surface area contributed by atoms with Crippen LogP contribution in [0.3, 0.4) is 0 Å². The van der Waals surface area contributed by atoms with E-state index in [4.69, 9.17) is 5.73 Å². The highest BCUT2D eigenvalue weighted by Gasteiger charge is 2.25. The monoisotopic (exact) mass is 218 g/mol. The van der Waals surface area contributed by atoms with Crippen LogP contribution in [0.2, 0.25) is 0 Å². The van der Waals surface area contributed by atoms with Gasteiger partial charge in [-0.3, -0.25) is 0 Å². The second-order valence-corrected chi connectivity index (χ2v) is 4.89. The summed E-state index contributed by atoms with van der Waals surface area (Å²) in [6.45, 7) is 3.21. The number of hydrogen-bond acceptors (Lipinski definition) is 2. The summed E-state index contributed by atoms with van der Waals surface area (Å²) in [5.74, 6) is 1.32. The minimum absolute atomic E-state index is 0.551. The van der Waals surface area contributed by atoms with Gasteiger partial charge in [0.15, 0.2) is 0 Å². The van der Waals surface area contributed by atoms with Gasteiger partial charge in [0.25, 0.3) is 0 Å². The summed E-state index contributed by atoms with van der Waals surface area (Å²) in [6.07, 6.45) is 2.57. The van der Waals surface area contributed by atoms with Gasteiger partial charge in [0.2, 0.25) is 0 Å². The molecule has 0 spiro atoms. The Labute approximate surface area is 98.4 Å². The maximum atomic E-state index is 5.96. The van der Waals surface area contributed by atoms with Crippen LogP contribution in [0.25, 0.3) is 0 Å². The molecule has 1 fully saturated rings. The van der Waals surface area contributed by atoms with Crippen LogP contribution in [-0.4, -0.2) is 31.6 Å². The molecule has 1 atom stereocenters. The Balaban J connectivity index is 2.05. The first-order valence-corrected chi connectivity index (χ1v) is 6.25. The summed E-state index contributed by atoms with van der Waals surface area (Å²) in [5, 5.41) is 0. The van der Waals surface area contributed by atoms with Crippen molar-refractivity contribution < 1.29 is 0 Å². The van der Waals surface area contributed by atoms with E-state index in [1.165, 1.54) is 31.5 Å². The molecule has 2 N–H and O–H groups in total. The van der Waals surface area contributed by atoms with Crippen LogP contribution in [0.15, 0.2) is 30.3 Å². The number of likely N-dealkylation sites (tertiary alicyclic amines) is 1. The number of hydrogen-bond donors (Lipinski definition) is 1. The first kappa shape index (κ1) is 11.6. The summed E-state index contributed by atoms with van der Waals surface area (Å²) in [4.78, 5) is 2.41. The van der Waals surface area contributed by atoms with Gasteiger partial charge in [0.1, 0.15) is 0 Å². The number of nitrogens with zero attached hydrogens (tertiary/aromatic N) is 1. The highest BCUT2D eigenvalue weighted by atomic mass is 15.1.